The van der Waals surface area contributed by atoms with Crippen molar-refractivity contribution >= 4 is 29.0 Å². The number of hydrogen-bond donors (Lipinski definition) is 3. The van der Waals surface area contributed by atoms with E-state index >= 15 is 0 Å². The summed E-state index contributed by atoms with van der Waals surface area (Å²) in [4.78, 5) is 42.6. The third-order valence-corrected chi connectivity index (χ3v) is 7.88. The molecule has 3 amide bonds. The summed E-state index contributed by atoms with van der Waals surface area (Å²) in [6.07, 6.45) is 7.37. The van der Waals surface area contributed by atoms with E-state index in [0.29, 0.717) is 38.1 Å². The molecule has 1 heterocycles. The molecule has 8 heteroatoms. The summed E-state index contributed by atoms with van der Waals surface area (Å²) in [5.41, 5.74) is 6.43. The maximum atomic E-state index is 13.4. The maximum absolute atomic E-state index is 13.4. The van der Waals surface area contributed by atoms with Crippen molar-refractivity contribution in [1.29, 1.82) is 0 Å². The lowest BCUT2D eigenvalue weighted by Gasteiger charge is -2.38. The van der Waals surface area contributed by atoms with Crippen LogP contribution in [0.3, 0.4) is 0 Å². The lowest BCUT2D eigenvalue weighted by atomic mass is 9.86. The van der Waals surface area contributed by atoms with Crippen molar-refractivity contribution in [2.24, 2.45) is 11.7 Å². The van der Waals surface area contributed by atoms with Crippen molar-refractivity contribution in [2.75, 3.05) is 19.6 Å². The molecule has 8 nitrogen and oxygen atoms in total. The number of nitrogens with one attached hydrogen (secondary N) is 1. The molecule has 0 bridgehead atoms. The Morgan fingerprint density at radius 2 is 1.84 bits per heavy atom. The third kappa shape index (κ3) is 6.87. The number of carbonyl (C=O) groups excluding carboxylic acids is 3. The van der Waals surface area contributed by atoms with Gasteiger partial charge < -0.3 is 26.0 Å². The fourth-order valence-corrected chi connectivity index (χ4v) is 5.80. The van der Waals surface area contributed by atoms with Gasteiger partial charge in [0, 0.05) is 32.5 Å². The largest absolute Gasteiger partial charge is 0.390 e. The van der Waals surface area contributed by atoms with E-state index < -0.39 is 18.3 Å². The Balaban J connectivity index is 1.55. The van der Waals surface area contributed by atoms with Gasteiger partial charge in [0.05, 0.1) is 6.10 Å². The first-order valence-electron chi connectivity index (χ1n) is 13.7. The molecule has 200 valence electrons. The number of amides is 3. The van der Waals surface area contributed by atoms with Gasteiger partial charge in [-0.05, 0) is 47.9 Å². The number of nitrogens with zero attached hydrogens (tertiary/aromatic N) is 2. The molecule has 2 aromatic rings. The van der Waals surface area contributed by atoms with Gasteiger partial charge in [0.15, 0.2) is 0 Å². The van der Waals surface area contributed by atoms with Crippen LogP contribution in [0.25, 0.3) is 10.8 Å². The Morgan fingerprint density at radius 1 is 1.08 bits per heavy atom. The Bertz CT molecular complexity index is 1070. The van der Waals surface area contributed by atoms with Gasteiger partial charge in [-0.3, -0.25) is 14.4 Å². The predicted molar refractivity (Wildman–Crippen MR) is 143 cm³/mol. The average molecular weight is 509 g/mol. The fraction of sp³-hybridized carbons (Fsp3) is 0.552. The van der Waals surface area contributed by atoms with Gasteiger partial charge in [-0.2, -0.15) is 0 Å². The zero-order valence-corrected chi connectivity index (χ0v) is 21.6. The van der Waals surface area contributed by atoms with E-state index in [1.807, 2.05) is 42.5 Å². The number of likely N-dealkylation sites (tertiary alicyclic amines) is 1. The van der Waals surface area contributed by atoms with Gasteiger partial charge in [0.2, 0.25) is 18.2 Å². The molecule has 0 radical (unpaired) electrons. The molecule has 0 spiro atoms. The molecule has 37 heavy (non-hydrogen) atoms. The first kappa shape index (κ1) is 27.1. The van der Waals surface area contributed by atoms with Gasteiger partial charge in [0.25, 0.3) is 0 Å². The number of aliphatic hydroxyl groups is 1. The Kier molecular flexibility index (Phi) is 9.52. The first-order chi connectivity index (χ1) is 18.0. The van der Waals surface area contributed by atoms with E-state index in [9.17, 15) is 19.5 Å². The Labute approximate surface area is 219 Å². The van der Waals surface area contributed by atoms with E-state index in [4.69, 9.17) is 5.73 Å². The molecular weight excluding hydrogens is 468 g/mol. The normalized spacial score (nSPS) is 19.9. The number of aliphatic hydroxyl groups excluding tert-OH is 1. The van der Waals surface area contributed by atoms with Gasteiger partial charge in [-0.1, -0.05) is 61.7 Å². The van der Waals surface area contributed by atoms with Gasteiger partial charge in [0.1, 0.15) is 12.2 Å². The highest BCUT2D eigenvalue weighted by Crippen LogP contribution is 2.30. The van der Waals surface area contributed by atoms with Gasteiger partial charge >= 0.3 is 0 Å². The van der Waals surface area contributed by atoms with Crippen LogP contribution in [-0.4, -0.2) is 71.1 Å². The molecule has 4 N–H and O–H groups in total. The number of hydrogen-bond acceptors (Lipinski definition) is 5. The minimum absolute atomic E-state index is 0.00520. The second-order valence-electron chi connectivity index (χ2n) is 10.5. The molecule has 2 aromatic carbocycles. The van der Waals surface area contributed by atoms with Crippen LogP contribution in [0, 0.1) is 5.92 Å². The van der Waals surface area contributed by atoms with Crippen molar-refractivity contribution in [2.45, 2.75) is 76.1 Å². The molecule has 2 fully saturated rings. The van der Waals surface area contributed by atoms with Crippen LogP contribution >= 0.6 is 0 Å². The summed E-state index contributed by atoms with van der Waals surface area (Å²) >= 11 is 0. The molecule has 1 aliphatic heterocycles. The molecular formula is C29H40N4O4. The summed E-state index contributed by atoms with van der Waals surface area (Å²) < 4.78 is 0. The molecule has 0 aromatic heterocycles. The highest BCUT2D eigenvalue weighted by Gasteiger charge is 2.39. The summed E-state index contributed by atoms with van der Waals surface area (Å²) in [7, 11) is 0. The monoisotopic (exact) mass is 508 g/mol. The highest BCUT2D eigenvalue weighted by atomic mass is 16.3. The third-order valence-electron chi connectivity index (χ3n) is 7.88. The van der Waals surface area contributed by atoms with Crippen LogP contribution in [-0.2, 0) is 20.8 Å². The van der Waals surface area contributed by atoms with Crippen LogP contribution in [0.1, 0.15) is 56.9 Å². The number of benzene rings is 2. The smallest absolute Gasteiger partial charge is 0.243 e. The summed E-state index contributed by atoms with van der Waals surface area (Å²) in [6.45, 7) is 0.626. The van der Waals surface area contributed by atoms with Gasteiger partial charge in [-0.25, -0.2) is 0 Å². The molecule has 2 aliphatic rings. The van der Waals surface area contributed by atoms with Gasteiger partial charge in [-0.15, -0.1) is 0 Å². The van der Waals surface area contributed by atoms with E-state index in [1.165, 1.54) is 24.2 Å². The van der Waals surface area contributed by atoms with Crippen LogP contribution in [0.5, 0.6) is 0 Å². The summed E-state index contributed by atoms with van der Waals surface area (Å²) in [5.74, 6) is 0.116. The first-order valence-corrected chi connectivity index (χ1v) is 13.7. The Morgan fingerprint density at radius 3 is 2.57 bits per heavy atom. The maximum Gasteiger partial charge on any atom is 0.243 e. The second kappa shape index (κ2) is 13.0. The highest BCUT2D eigenvalue weighted by molar-refractivity contribution is 5.86. The standard InChI is InChI=1S/C29H40N4O4/c30-18-25(35)19-31-29(37)26(16-22-12-13-23-9-4-5-10-24(23)15-22)33(20-34)27-11-6-14-32(27)28(36)17-21-7-2-1-3-8-21/h4-5,9-10,12-13,15,20-21,25-27,35H,1-3,6-8,11,14,16-19,30H2,(H,31,37)/t25?,26-,27?/m1/s1. The molecule has 1 saturated carbocycles. The fourth-order valence-electron chi connectivity index (χ4n) is 5.80. The number of carbonyl (C=O) groups is 3. The predicted octanol–water partition coefficient (Wildman–Crippen LogP) is 2.56. The minimum atomic E-state index is -0.866. The van der Waals surface area contributed by atoms with E-state index in [1.54, 1.807) is 4.90 Å². The zero-order valence-electron chi connectivity index (χ0n) is 21.6. The summed E-state index contributed by atoms with van der Waals surface area (Å²) in [6, 6.07) is 13.2. The van der Waals surface area contributed by atoms with Crippen molar-refractivity contribution in [1.82, 2.24) is 15.1 Å². The zero-order chi connectivity index (χ0) is 26.2. The number of nitrogens with two attached hydrogens (primary N) is 1. The molecule has 1 aliphatic carbocycles. The number of rotatable bonds is 11. The lowest BCUT2D eigenvalue weighted by Crippen LogP contribution is -2.57. The van der Waals surface area contributed by atoms with Crippen molar-refractivity contribution in [3.63, 3.8) is 0 Å². The minimum Gasteiger partial charge on any atom is -0.390 e. The topological polar surface area (TPSA) is 116 Å². The van der Waals surface area contributed by atoms with Crippen LogP contribution < -0.4 is 11.1 Å². The van der Waals surface area contributed by atoms with E-state index in [2.05, 4.69) is 5.32 Å². The van der Waals surface area contributed by atoms with E-state index in [0.717, 1.165) is 35.6 Å². The lowest BCUT2D eigenvalue weighted by molar-refractivity contribution is -0.145. The summed E-state index contributed by atoms with van der Waals surface area (Å²) in [5, 5.41) is 14.8. The Hall–Kier alpha value is -2.97. The van der Waals surface area contributed by atoms with Crippen molar-refractivity contribution in [3.8, 4) is 0 Å². The van der Waals surface area contributed by atoms with Crippen LogP contribution in [0.4, 0.5) is 0 Å². The van der Waals surface area contributed by atoms with Crippen molar-refractivity contribution < 1.29 is 19.5 Å². The second-order valence-corrected chi connectivity index (χ2v) is 10.5. The van der Waals surface area contributed by atoms with Crippen molar-refractivity contribution in [3.05, 3.63) is 48.0 Å². The van der Waals surface area contributed by atoms with E-state index in [-0.39, 0.29) is 24.9 Å². The SMILES string of the molecule is NCC(O)CNC(=O)[C@@H](Cc1ccc2ccccc2c1)N(C=O)C1CCCN1C(=O)CC1CCCCC1. The quantitative estimate of drug-likeness (QED) is 0.404. The van der Waals surface area contributed by atoms with Crippen LogP contribution in [0.15, 0.2) is 42.5 Å². The average Bonchev–Trinajstić information content (AvgIpc) is 3.41. The molecule has 4 rings (SSSR count). The van der Waals surface area contributed by atoms with Crippen LogP contribution in [0.2, 0.25) is 0 Å². The number of fused-ring (bicyclic) bond motifs is 1. The molecule has 1 saturated heterocycles. The molecule has 3 atom stereocenters. The molecule has 2 unspecified atom stereocenters.